The van der Waals surface area contributed by atoms with E-state index in [9.17, 15) is 0 Å². The van der Waals surface area contributed by atoms with E-state index in [2.05, 4.69) is 108 Å². The van der Waals surface area contributed by atoms with Gasteiger partial charge in [-0.15, -0.1) is 5.12 Å². The van der Waals surface area contributed by atoms with Crippen molar-refractivity contribution in [2.45, 2.75) is 19.4 Å². The highest BCUT2D eigenvalue weighted by atomic mass is 15.8. The molecule has 0 aliphatic carbocycles. The normalized spacial score (nSPS) is 18.2. The van der Waals surface area contributed by atoms with Crippen LogP contribution in [0.25, 0.3) is 16.8 Å². The minimum Gasteiger partial charge on any atom is -0.378 e. The quantitative estimate of drug-likeness (QED) is 0.652. The highest BCUT2D eigenvalue weighted by Crippen LogP contribution is 2.40. The summed E-state index contributed by atoms with van der Waals surface area (Å²) in [5, 5.41) is 12.7. The summed E-state index contributed by atoms with van der Waals surface area (Å²) in [6.07, 6.45) is 4.99. The van der Waals surface area contributed by atoms with Crippen molar-refractivity contribution in [3.8, 4) is 11.1 Å². The maximum Gasteiger partial charge on any atom is 0.0816 e. The van der Waals surface area contributed by atoms with E-state index in [1.165, 1.54) is 33.8 Å². The predicted octanol–water partition coefficient (Wildman–Crippen LogP) is 4.07. The minimum absolute atomic E-state index is 0.193. The van der Waals surface area contributed by atoms with Crippen LogP contribution in [0.2, 0.25) is 0 Å². The van der Waals surface area contributed by atoms with E-state index in [0.717, 1.165) is 24.2 Å². The molecule has 2 aliphatic rings. The molecule has 2 aromatic carbocycles. The fraction of sp³-hybridized carbons (Fsp3) is 0.320. The second kappa shape index (κ2) is 7.91. The summed E-state index contributed by atoms with van der Waals surface area (Å²) >= 11 is 0. The van der Waals surface area contributed by atoms with E-state index < -0.39 is 0 Å². The van der Waals surface area contributed by atoms with Crippen molar-refractivity contribution in [3.05, 3.63) is 71.7 Å². The van der Waals surface area contributed by atoms with Gasteiger partial charge in [-0.05, 0) is 48.7 Å². The van der Waals surface area contributed by atoms with Gasteiger partial charge in [0.15, 0.2) is 0 Å². The Balaban J connectivity index is 1.60. The van der Waals surface area contributed by atoms with Crippen molar-refractivity contribution < 1.29 is 0 Å². The molecule has 1 aromatic heterocycles. The standard InChI is InChI=1S/C25H31N7/c1-17-25-22-10-9-18(19-15-26-30(4)16-19)13-23(22)24(11-12-32(25)31(5)28-17)27-20-7-6-8-21(14-20)29(2)3/h6-10,13-16,24,27-28H,11-12H2,1-5H3. The smallest absolute Gasteiger partial charge is 0.0816 e. The molecule has 7 heteroatoms. The Morgan fingerprint density at radius 3 is 2.69 bits per heavy atom. The summed E-state index contributed by atoms with van der Waals surface area (Å²) in [6, 6.07) is 15.6. The Hall–Kier alpha value is -3.45. The molecule has 3 heterocycles. The first-order valence-corrected chi connectivity index (χ1v) is 11.1. The lowest BCUT2D eigenvalue weighted by atomic mass is 9.93. The van der Waals surface area contributed by atoms with Crippen LogP contribution >= 0.6 is 0 Å². The van der Waals surface area contributed by atoms with Gasteiger partial charge in [-0.1, -0.05) is 18.2 Å². The van der Waals surface area contributed by atoms with Gasteiger partial charge in [0.2, 0.25) is 0 Å². The second-order valence-corrected chi connectivity index (χ2v) is 8.87. The Morgan fingerprint density at radius 1 is 1.09 bits per heavy atom. The van der Waals surface area contributed by atoms with Crippen LogP contribution in [0.5, 0.6) is 0 Å². The summed E-state index contributed by atoms with van der Waals surface area (Å²) in [5.41, 5.74) is 13.1. The largest absolute Gasteiger partial charge is 0.378 e. The molecule has 3 aromatic rings. The number of anilines is 2. The van der Waals surface area contributed by atoms with Crippen LogP contribution < -0.4 is 15.6 Å². The van der Waals surface area contributed by atoms with Gasteiger partial charge in [-0.3, -0.25) is 9.69 Å². The molecular weight excluding hydrogens is 398 g/mol. The van der Waals surface area contributed by atoms with E-state index in [0.29, 0.717) is 0 Å². The first-order valence-electron chi connectivity index (χ1n) is 11.1. The Bertz CT molecular complexity index is 1180. The zero-order valence-electron chi connectivity index (χ0n) is 19.4. The molecule has 2 aliphatic heterocycles. The van der Waals surface area contributed by atoms with Gasteiger partial charge < -0.3 is 15.6 Å². The molecule has 0 bridgehead atoms. The van der Waals surface area contributed by atoms with Crippen molar-refractivity contribution >= 4 is 17.1 Å². The van der Waals surface area contributed by atoms with E-state index in [1.54, 1.807) is 0 Å². The highest BCUT2D eigenvalue weighted by molar-refractivity contribution is 5.76. The van der Waals surface area contributed by atoms with E-state index >= 15 is 0 Å². The second-order valence-electron chi connectivity index (χ2n) is 8.87. The van der Waals surface area contributed by atoms with Crippen molar-refractivity contribution in [2.24, 2.45) is 7.05 Å². The minimum atomic E-state index is 0.193. The lowest BCUT2D eigenvalue weighted by Gasteiger charge is -2.27. The zero-order valence-corrected chi connectivity index (χ0v) is 19.4. The Labute approximate surface area is 189 Å². The third-order valence-electron chi connectivity index (χ3n) is 6.36. The number of nitrogens with zero attached hydrogens (tertiary/aromatic N) is 5. The number of allylic oxidation sites excluding steroid dienone is 1. The number of fused-ring (bicyclic) bond motifs is 3. The van der Waals surface area contributed by atoms with Crippen LogP contribution in [0.3, 0.4) is 0 Å². The molecule has 166 valence electrons. The molecule has 2 N–H and O–H groups in total. The first-order chi connectivity index (χ1) is 15.4. The van der Waals surface area contributed by atoms with Crippen LogP contribution in [0.15, 0.2) is 60.6 Å². The number of hydrogen-bond acceptors (Lipinski definition) is 6. The molecule has 0 saturated heterocycles. The van der Waals surface area contributed by atoms with Crippen molar-refractivity contribution in [1.29, 1.82) is 0 Å². The summed E-state index contributed by atoms with van der Waals surface area (Å²) in [4.78, 5) is 2.14. The number of nitrogens with one attached hydrogen (secondary N) is 2. The molecule has 0 saturated carbocycles. The maximum atomic E-state index is 4.37. The predicted molar refractivity (Wildman–Crippen MR) is 131 cm³/mol. The molecule has 32 heavy (non-hydrogen) atoms. The number of rotatable bonds is 4. The fourth-order valence-electron chi connectivity index (χ4n) is 4.75. The number of benzene rings is 2. The molecule has 1 unspecified atom stereocenters. The molecule has 7 nitrogen and oxygen atoms in total. The van der Waals surface area contributed by atoms with E-state index in [-0.39, 0.29) is 6.04 Å². The monoisotopic (exact) mass is 429 g/mol. The number of aryl methyl sites for hydroxylation is 1. The van der Waals surface area contributed by atoms with Gasteiger partial charge in [-0.2, -0.15) is 5.10 Å². The van der Waals surface area contributed by atoms with Crippen LogP contribution in [0.4, 0.5) is 11.4 Å². The van der Waals surface area contributed by atoms with Gasteiger partial charge in [0, 0.05) is 63.4 Å². The number of aromatic nitrogens is 2. The Kier molecular flexibility index (Phi) is 5.06. The molecule has 1 atom stereocenters. The number of hydrogen-bond donors (Lipinski definition) is 2. The van der Waals surface area contributed by atoms with Crippen LogP contribution in [-0.4, -0.2) is 47.6 Å². The highest BCUT2D eigenvalue weighted by Gasteiger charge is 2.33. The van der Waals surface area contributed by atoms with Gasteiger partial charge in [-0.25, -0.2) is 0 Å². The Morgan fingerprint density at radius 2 is 1.94 bits per heavy atom. The fourth-order valence-corrected chi connectivity index (χ4v) is 4.75. The SMILES string of the molecule is CC1=C2c3ccc(-c4cnn(C)c4)cc3C(Nc3cccc(N(C)C)c3)CCN2N(C)N1. The van der Waals surface area contributed by atoms with Gasteiger partial charge in [0.25, 0.3) is 0 Å². The third kappa shape index (κ3) is 3.58. The van der Waals surface area contributed by atoms with Crippen molar-refractivity contribution in [1.82, 2.24) is 25.3 Å². The van der Waals surface area contributed by atoms with Gasteiger partial charge in [0.05, 0.1) is 23.6 Å². The summed E-state index contributed by atoms with van der Waals surface area (Å²) in [7, 11) is 8.19. The van der Waals surface area contributed by atoms with Crippen LogP contribution in [0, 0.1) is 0 Å². The number of hydrazine groups is 2. The zero-order chi connectivity index (χ0) is 22.4. The van der Waals surface area contributed by atoms with Crippen molar-refractivity contribution in [2.75, 3.05) is 37.9 Å². The molecule has 0 spiro atoms. The summed E-state index contributed by atoms with van der Waals surface area (Å²) in [5.74, 6) is 0. The van der Waals surface area contributed by atoms with Crippen LogP contribution in [0.1, 0.15) is 30.5 Å². The topological polar surface area (TPSA) is 51.6 Å². The lowest BCUT2D eigenvalue weighted by molar-refractivity contribution is 0.0447. The third-order valence-corrected chi connectivity index (χ3v) is 6.36. The maximum absolute atomic E-state index is 4.37. The summed E-state index contributed by atoms with van der Waals surface area (Å²) in [6.45, 7) is 3.08. The average molecular weight is 430 g/mol. The molecule has 0 fully saturated rings. The molecule has 5 rings (SSSR count). The van der Waals surface area contributed by atoms with E-state index in [4.69, 9.17) is 0 Å². The van der Waals surface area contributed by atoms with E-state index in [1.807, 2.05) is 17.9 Å². The lowest BCUT2D eigenvalue weighted by Crippen LogP contribution is -2.40. The molecule has 0 amide bonds. The molecule has 0 radical (unpaired) electrons. The van der Waals surface area contributed by atoms with Crippen LogP contribution in [-0.2, 0) is 7.05 Å². The van der Waals surface area contributed by atoms with Gasteiger partial charge in [0.1, 0.15) is 0 Å². The summed E-state index contributed by atoms with van der Waals surface area (Å²) < 4.78 is 1.85. The molecular formula is C25H31N7. The first kappa shape index (κ1) is 20.5. The van der Waals surface area contributed by atoms with Gasteiger partial charge >= 0.3 is 0 Å². The van der Waals surface area contributed by atoms with Crippen molar-refractivity contribution in [3.63, 3.8) is 0 Å². The average Bonchev–Trinajstić information content (AvgIpc) is 3.27.